The molecule has 1 unspecified atom stereocenters. The molecule has 0 radical (unpaired) electrons. The molecular weight excluding hydrogens is 366 g/mol. The van der Waals surface area contributed by atoms with Gasteiger partial charge in [-0.05, 0) is 49.6 Å². The molecule has 0 saturated carbocycles. The van der Waals surface area contributed by atoms with Crippen molar-refractivity contribution in [3.05, 3.63) is 59.7 Å². The summed E-state index contributed by atoms with van der Waals surface area (Å²) in [6.07, 6.45) is 3.12. The zero-order valence-corrected chi connectivity index (χ0v) is 17.4. The molecule has 6 nitrogen and oxygen atoms in total. The average Bonchev–Trinajstić information content (AvgIpc) is 2.72. The van der Waals surface area contributed by atoms with Gasteiger partial charge in [0.2, 0.25) is 11.8 Å². The standard InChI is InChI=1S/C23H29N3O3/c1-25(15-22(27)24-18-10-7-11-19(14-18)29-3)16-23(28)26(2)21-13-6-9-17-8-4-5-12-20(17)21/h4-5,7-8,10-12,14,21H,6,9,13,15-16H2,1-3H3,(H,24,27). The van der Waals surface area contributed by atoms with Crippen molar-refractivity contribution in [1.29, 1.82) is 0 Å². The van der Waals surface area contributed by atoms with Crippen LogP contribution < -0.4 is 10.1 Å². The Morgan fingerprint density at radius 2 is 1.90 bits per heavy atom. The van der Waals surface area contributed by atoms with Gasteiger partial charge >= 0.3 is 0 Å². The Balaban J connectivity index is 1.54. The molecule has 1 atom stereocenters. The van der Waals surface area contributed by atoms with Crippen LogP contribution in [0.3, 0.4) is 0 Å². The molecule has 1 N–H and O–H groups in total. The summed E-state index contributed by atoms with van der Waals surface area (Å²) in [6, 6.07) is 15.7. The van der Waals surface area contributed by atoms with Gasteiger partial charge in [0.15, 0.2) is 0 Å². The number of ether oxygens (including phenoxy) is 1. The van der Waals surface area contributed by atoms with Gasteiger partial charge in [0.1, 0.15) is 5.75 Å². The zero-order valence-electron chi connectivity index (χ0n) is 17.4. The van der Waals surface area contributed by atoms with Crippen LogP contribution in [0.4, 0.5) is 5.69 Å². The van der Waals surface area contributed by atoms with Crippen LogP contribution in [0.25, 0.3) is 0 Å². The number of anilines is 1. The Morgan fingerprint density at radius 3 is 2.69 bits per heavy atom. The first-order valence-corrected chi connectivity index (χ1v) is 9.94. The molecule has 3 rings (SSSR count). The van der Waals surface area contributed by atoms with Gasteiger partial charge in [0.05, 0.1) is 26.2 Å². The Hall–Kier alpha value is -2.86. The smallest absolute Gasteiger partial charge is 0.238 e. The van der Waals surface area contributed by atoms with Crippen LogP contribution >= 0.6 is 0 Å². The second-order valence-electron chi connectivity index (χ2n) is 7.56. The minimum Gasteiger partial charge on any atom is -0.497 e. The monoisotopic (exact) mass is 395 g/mol. The third-order valence-corrected chi connectivity index (χ3v) is 5.37. The molecule has 2 aromatic carbocycles. The Kier molecular flexibility index (Phi) is 6.88. The number of benzene rings is 2. The number of nitrogens with one attached hydrogen (secondary N) is 1. The predicted molar refractivity (Wildman–Crippen MR) is 114 cm³/mol. The Labute approximate surface area is 172 Å². The fraction of sp³-hybridized carbons (Fsp3) is 0.391. The number of amides is 2. The molecule has 2 amide bonds. The van der Waals surface area contributed by atoms with E-state index >= 15 is 0 Å². The number of rotatable bonds is 7. The molecule has 1 aliphatic rings. The maximum absolute atomic E-state index is 12.8. The first kappa shape index (κ1) is 20.9. The van der Waals surface area contributed by atoms with Crippen LogP contribution in [-0.4, -0.2) is 55.9 Å². The van der Waals surface area contributed by atoms with Crippen molar-refractivity contribution in [3.8, 4) is 5.75 Å². The Bertz CT molecular complexity index is 868. The van der Waals surface area contributed by atoms with E-state index in [1.54, 1.807) is 31.2 Å². The summed E-state index contributed by atoms with van der Waals surface area (Å²) in [5.41, 5.74) is 3.24. The number of hydrogen-bond donors (Lipinski definition) is 1. The number of nitrogens with zero attached hydrogens (tertiary/aromatic N) is 2. The fourth-order valence-corrected chi connectivity index (χ4v) is 3.85. The number of fused-ring (bicyclic) bond motifs is 1. The summed E-state index contributed by atoms with van der Waals surface area (Å²) in [7, 11) is 5.23. The molecule has 0 fully saturated rings. The Morgan fingerprint density at radius 1 is 1.10 bits per heavy atom. The van der Waals surface area contributed by atoms with Crippen molar-refractivity contribution in [2.24, 2.45) is 0 Å². The van der Waals surface area contributed by atoms with Crippen molar-refractivity contribution in [2.75, 3.05) is 39.6 Å². The van der Waals surface area contributed by atoms with E-state index in [1.807, 2.05) is 30.1 Å². The van der Waals surface area contributed by atoms with Gasteiger partial charge in [-0.15, -0.1) is 0 Å². The van der Waals surface area contributed by atoms with E-state index in [0.29, 0.717) is 11.4 Å². The highest BCUT2D eigenvalue weighted by Crippen LogP contribution is 2.33. The molecule has 2 aromatic rings. The summed E-state index contributed by atoms with van der Waals surface area (Å²) in [6.45, 7) is 0.332. The van der Waals surface area contributed by atoms with E-state index in [2.05, 4.69) is 23.5 Å². The van der Waals surface area contributed by atoms with E-state index in [4.69, 9.17) is 4.74 Å². The van der Waals surface area contributed by atoms with E-state index in [0.717, 1.165) is 19.3 Å². The third kappa shape index (κ3) is 5.35. The number of methoxy groups -OCH3 is 1. The average molecular weight is 396 g/mol. The summed E-state index contributed by atoms with van der Waals surface area (Å²) < 4.78 is 5.17. The summed E-state index contributed by atoms with van der Waals surface area (Å²) >= 11 is 0. The topological polar surface area (TPSA) is 61.9 Å². The SMILES string of the molecule is COc1cccc(NC(=O)CN(C)CC(=O)N(C)C2CCCc3ccccc32)c1. The van der Waals surface area contributed by atoms with Crippen LogP contribution in [0.15, 0.2) is 48.5 Å². The molecule has 0 saturated heterocycles. The molecule has 0 bridgehead atoms. The van der Waals surface area contributed by atoms with Gasteiger partial charge in [-0.1, -0.05) is 30.3 Å². The van der Waals surface area contributed by atoms with Crippen molar-refractivity contribution >= 4 is 17.5 Å². The number of likely N-dealkylation sites (N-methyl/N-ethyl adjacent to an activating group) is 2. The quantitative estimate of drug-likeness (QED) is 0.783. The normalized spacial score (nSPS) is 15.5. The van der Waals surface area contributed by atoms with Crippen molar-refractivity contribution in [3.63, 3.8) is 0 Å². The third-order valence-electron chi connectivity index (χ3n) is 5.37. The van der Waals surface area contributed by atoms with Gasteiger partial charge in [0, 0.05) is 18.8 Å². The lowest BCUT2D eigenvalue weighted by Gasteiger charge is -2.34. The van der Waals surface area contributed by atoms with Crippen LogP contribution in [0.1, 0.15) is 30.0 Å². The lowest BCUT2D eigenvalue weighted by Crippen LogP contribution is -2.41. The van der Waals surface area contributed by atoms with Gasteiger partial charge < -0.3 is 15.0 Å². The van der Waals surface area contributed by atoms with Crippen molar-refractivity contribution in [2.45, 2.75) is 25.3 Å². The van der Waals surface area contributed by atoms with Crippen LogP contribution in [0, 0.1) is 0 Å². The number of carbonyl (C=O) groups is 2. The lowest BCUT2D eigenvalue weighted by molar-refractivity contribution is -0.133. The zero-order chi connectivity index (χ0) is 20.8. The molecule has 0 aliphatic heterocycles. The van der Waals surface area contributed by atoms with E-state index in [1.165, 1.54) is 11.1 Å². The minimum absolute atomic E-state index is 0.0170. The highest BCUT2D eigenvalue weighted by Gasteiger charge is 2.27. The second kappa shape index (κ2) is 9.56. The molecule has 6 heteroatoms. The predicted octanol–water partition coefficient (Wildman–Crippen LogP) is 3.10. The maximum Gasteiger partial charge on any atom is 0.238 e. The van der Waals surface area contributed by atoms with Crippen LogP contribution in [-0.2, 0) is 16.0 Å². The molecule has 0 aromatic heterocycles. The van der Waals surface area contributed by atoms with E-state index < -0.39 is 0 Å². The van der Waals surface area contributed by atoms with Crippen LogP contribution in [0.5, 0.6) is 5.75 Å². The summed E-state index contributed by atoms with van der Waals surface area (Å²) in [5, 5.41) is 2.84. The maximum atomic E-state index is 12.8. The first-order chi connectivity index (χ1) is 14.0. The second-order valence-corrected chi connectivity index (χ2v) is 7.56. The van der Waals surface area contributed by atoms with Crippen LogP contribution in [0.2, 0.25) is 0 Å². The molecule has 154 valence electrons. The molecule has 0 spiro atoms. The molecular formula is C23H29N3O3. The van der Waals surface area contributed by atoms with Gasteiger partial charge in [0.25, 0.3) is 0 Å². The highest BCUT2D eigenvalue weighted by atomic mass is 16.5. The fourth-order valence-electron chi connectivity index (χ4n) is 3.85. The highest BCUT2D eigenvalue weighted by molar-refractivity contribution is 5.92. The first-order valence-electron chi connectivity index (χ1n) is 9.94. The molecule has 29 heavy (non-hydrogen) atoms. The van der Waals surface area contributed by atoms with Gasteiger partial charge in [-0.2, -0.15) is 0 Å². The summed E-state index contributed by atoms with van der Waals surface area (Å²) in [5.74, 6) is 0.531. The van der Waals surface area contributed by atoms with Gasteiger partial charge in [-0.25, -0.2) is 0 Å². The summed E-state index contributed by atoms with van der Waals surface area (Å²) in [4.78, 5) is 28.7. The number of hydrogen-bond acceptors (Lipinski definition) is 4. The number of carbonyl (C=O) groups excluding carboxylic acids is 2. The largest absolute Gasteiger partial charge is 0.497 e. The van der Waals surface area contributed by atoms with Gasteiger partial charge in [-0.3, -0.25) is 14.5 Å². The van der Waals surface area contributed by atoms with E-state index in [-0.39, 0.29) is 30.9 Å². The molecule has 1 aliphatic carbocycles. The van der Waals surface area contributed by atoms with Crippen molar-refractivity contribution < 1.29 is 14.3 Å². The van der Waals surface area contributed by atoms with E-state index in [9.17, 15) is 9.59 Å². The lowest BCUT2D eigenvalue weighted by atomic mass is 9.87. The van der Waals surface area contributed by atoms with Crippen molar-refractivity contribution in [1.82, 2.24) is 9.80 Å². The minimum atomic E-state index is -0.167. The number of aryl methyl sites for hydroxylation is 1. The molecule has 0 heterocycles.